The molecular weight excluding hydrogens is 390 g/mol. The minimum Gasteiger partial charge on any atom is -0.384 e. The average molecular weight is 410 g/mol. The molecule has 0 radical (unpaired) electrons. The summed E-state index contributed by atoms with van der Waals surface area (Å²) >= 11 is 6.08. The van der Waals surface area contributed by atoms with Crippen LogP contribution in [0.2, 0.25) is 5.02 Å². The summed E-state index contributed by atoms with van der Waals surface area (Å²) in [6.07, 6.45) is 2.60. The number of H-pyrrole nitrogens is 1. The highest BCUT2D eigenvalue weighted by atomic mass is 35.5. The van der Waals surface area contributed by atoms with E-state index in [4.69, 9.17) is 16.3 Å². The van der Waals surface area contributed by atoms with Gasteiger partial charge in [-0.3, -0.25) is 9.59 Å². The van der Waals surface area contributed by atoms with Gasteiger partial charge < -0.3 is 20.4 Å². The third kappa shape index (κ3) is 3.90. The predicted molar refractivity (Wildman–Crippen MR) is 117 cm³/mol. The van der Waals surface area contributed by atoms with Crippen LogP contribution >= 0.6 is 11.6 Å². The van der Waals surface area contributed by atoms with Crippen LogP contribution in [0.15, 0.2) is 58.3 Å². The molecule has 0 amide bonds. The molecule has 0 aliphatic heterocycles. The second-order valence-electron chi connectivity index (χ2n) is 6.84. The zero-order valence-electron chi connectivity index (χ0n) is 15.8. The maximum atomic E-state index is 12.1. The molecule has 0 unspecified atom stereocenters. The van der Waals surface area contributed by atoms with Crippen LogP contribution in [0.5, 0.6) is 0 Å². The molecule has 1 aromatic heterocycles. The molecule has 0 bridgehead atoms. The molecule has 4 rings (SSSR count). The summed E-state index contributed by atoms with van der Waals surface area (Å²) in [5.74, 6) is 0. The number of benzene rings is 2. The van der Waals surface area contributed by atoms with E-state index < -0.39 is 10.9 Å². The van der Waals surface area contributed by atoms with E-state index in [1.807, 2.05) is 30.3 Å². The van der Waals surface area contributed by atoms with Crippen LogP contribution in [0, 0.1) is 0 Å². The average Bonchev–Trinajstić information content (AvgIpc) is 3.14. The minimum atomic E-state index is -0.529. The van der Waals surface area contributed by atoms with Crippen LogP contribution in [0.4, 0.5) is 17.1 Å². The fourth-order valence-corrected chi connectivity index (χ4v) is 3.42. The Bertz CT molecular complexity index is 1220. The van der Waals surface area contributed by atoms with Crippen molar-refractivity contribution < 1.29 is 4.74 Å². The van der Waals surface area contributed by atoms with E-state index in [-0.39, 0.29) is 5.69 Å². The SMILES string of the molecule is COCCc1ccc(CNc2c(Nc3c[nH]c4ccc(Cl)cc34)c(=O)c2=O)cc1. The van der Waals surface area contributed by atoms with Crippen molar-refractivity contribution in [2.45, 2.75) is 13.0 Å². The van der Waals surface area contributed by atoms with Gasteiger partial charge in [-0.1, -0.05) is 35.9 Å². The summed E-state index contributed by atoms with van der Waals surface area (Å²) in [6.45, 7) is 1.12. The Hall–Kier alpha value is -3.09. The number of rotatable bonds is 8. The molecule has 0 aliphatic carbocycles. The summed E-state index contributed by atoms with van der Waals surface area (Å²) in [5.41, 5.74) is 3.32. The van der Waals surface area contributed by atoms with E-state index in [1.165, 1.54) is 5.56 Å². The van der Waals surface area contributed by atoms with Crippen molar-refractivity contribution >= 4 is 39.6 Å². The number of aromatic amines is 1. The molecule has 148 valence electrons. The lowest BCUT2D eigenvalue weighted by molar-refractivity contribution is 0.202. The quantitative estimate of drug-likeness (QED) is 0.384. The van der Waals surface area contributed by atoms with E-state index in [9.17, 15) is 9.59 Å². The number of anilines is 3. The molecule has 0 atom stereocenters. The molecule has 7 heteroatoms. The third-order valence-electron chi connectivity index (χ3n) is 4.90. The molecule has 4 aromatic rings. The first-order valence-corrected chi connectivity index (χ1v) is 9.62. The van der Waals surface area contributed by atoms with Crippen LogP contribution in [-0.2, 0) is 17.7 Å². The molecule has 0 aliphatic rings. The molecule has 6 nitrogen and oxygen atoms in total. The molecule has 0 saturated carbocycles. The van der Waals surface area contributed by atoms with Crippen molar-refractivity contribution in [3.05, 3.63) is 85.3 Å². The third-order valence-corrected chi connectivity index (χ3v) is 5.14. The Balaban J connectivity index is 1.49. The van der Waals surface area contributed by atoms with Gasteiger partial charge in [-0.15, -0.1) is 0 Å². The second kappa shape index (κ2) is 8.11. The molecule has 1 heterocycles. The summed E-state index contributed by atoms with van der Waals surface area (Å²) in [4.78, 5) is 27.3. The first-order chi connectivity index (χ1) is 14.1. The Morgan fingerprint density at radius 1 is 1.00 bits per heavy atom. The predicted octanol–water partition coefficient (Wildman–Crippen LogP) is 3.96. The summed E-state index contributed by atoms with van der Waals surface area (Å²) in [5, 5.41) is 7.60. The minimum absolute atomic E-state index is 0.271. The molecule has 3 aromatic carbocycles. The van der Waals surface area contributed by atoms with E-state index in [0.29, 0.717) is 29.5 Å². The van der Waals surface area contributed by atoms with Gasteiger partial charge in [-0.2, -0.15) is 0 Å². The highest BCUT2D eigenvalue weighted by Crippen LogP contribution is 2.30. The first-order valence-electron chi connectivity index (χ1n) is 9.24. The number of halogens is 1. The zero-order valence-corrected chi connectivity index (χ0v) is 16.6. The van der Waals surface area contributed by atoms with Crippen LogP contribution in [0.1, 0.15) is 11.1 Å². The smallest absolute Gasteiger partial charge is 0.253 e. The Morgan fingerprint density at radius 2 is 1.72 bits per heavy atom. The van der Waals surface area contributed by atoms with Crippen molar-refractivity contribution in [2.75, 3.05) is 24.4 Å². The number of ether oxygens (including phenoxy) is 1. The molecule has 0 fully saturated rings. The zero-order chi connectivity index (χ0) is 20.4. The van der Waals surface area contributed by atoms with Crippen molar-refractivity contribution in [3.8, 4) is 0 Å². The maximum absolute atomic E-state index is 12.1. The van der Waals surface area contributed by atoms with E-state index in [2.05, 4.69) is 15.6 Å². The van der Waals surface area contributed by atoms with Crippen LogP contribution in [0.25, 0.3) is 10.9 Å². The second-order valence-corrected chi connectivity index (χ2v) is 7.27. The van der Waals surface area contributed by atoms with Gasteiger partial charge in [0.15, 0.2) is 0 Å². The lowest BCUT2D eigenvalue weighted by atomic mass is 10.1. The van der Waals surface area contributed by atoms with Gasteiger partial charge in [0.2, 0.25) is 0 Å². The summed E-state index contributed by atoms with van der Waals surface area (Å²) < 4.78 is 5.08. The Labute approximate surface area is 172 Å². The molecule has 3 N–H and O–H groups in total. The van der Waals surface area contributed by atoms with E-state index >= 15 is 0 Å². The van der Waals surface area contributed by atoms with Crippen molar-refractivity contribution in [3.63, 3.8) is 0 Å². The van der Waals surface area contributed by atoms with Gasteiger partial charge in [0.25, 0.3) is 10.9 Å². The molecular formula is C22H20ClN3O3. The lowest BCUT2D eigenvalue weighted by Crippen LogP contribution is -2.36. The topological polar surface area (TPSA) is 83.2 Å². The number of nitrogens with one attached hydrogen (secondary N) is 3. The van der Waals surface area contributed by atoms with Gasteiger partial charge in [-0.05, 0) is 35.7 Å². The molecule has 0 spiro atoms. The fourth-order valence-electron chi connectivity index (χ4n) is 3.24. The van der Waals surface area contributed by atoms with Crippen LogP contribution in [0.3, 0.4) is 0 Å². The number of aromatic nitrogens is 1. The highest BCUT2D eigenvalue weighted by molar-refractivity contribution is 6.31. The summed E-state index contributed by atoms with van der Waals surface area (Å²) in [7, 11) is 1.68. The van der Waals surface area contributed by atoms with E-state index in [1.54, 1.807) is 25.4 Å². The monoisotopic (exact) mass is 409 g/mol. The standard InChI is InChI=1S/C22H20ClN3O3/c1-29-9-8-13-2-4-14(5-3-13)11-25-19-20(22(28)21(19)27)26-18-12-24-17-7-6-15(23)10-16(17)18/h2-7,10,12,24-26H,8-9,11H2,1H3. The van der Waals surface area contributed by atoms with Crippen molar-refractivity contribution in [1.82, 2.24) is 4.98 Å². The van der Waals surface area contributed by atoms with Crippen molar-refractivity contribution in [1.29, 1.82) is 0 Å². The fraction of sp³-hybridized carbons (Fsp3) is 0.182. The highest BCUT2D eigenvalue weighted by Gasteiger charge is 2.21. The summed E-state index contributed by atoms with van der Waals surface area (Å²) in [6, 6.07) is 13.5. The lowest BCUT2D eigenvalue weighted by Gasteiger charge is -2.15. The van der Waals surface area contributed by atoms with Gasteiger partial charge in [0.1, 0.15) is 11.4 Å². The maximum Gasteiger partial charge on any atom is 0.253 e. The largest absolute Gasteiger partial charge is 0.384 e. The Kier molecular flexibility index (Phi) is 5.38. The number of fused-ring (bicyclic) bond motifs is 1. The van der Waals surface area contributed by atoms with Gasteiger partial charge in [0, 0.05) is 35.8 Å². The first kappa shape index (κ1) is 19.2. The van der Waals surface area contributed by atoms with Gasteiger partial charge in [-0.25, -0.2) is 0 Å². The molecule has 0 saturated heterocycles. The molecule has 29 heavy (non-hydrogen) atoms. The number of hydrogen-bond donors (Lipinski definition) is 3. The van der Waals surface area contributed by atoms with Gasteiger partial charge in [0.05, 0.1) is 12.3 Å². The normalized spacial score (nSPS) is 11.2. The van der Waals surface area contributed by atoms with Crippen molar-refractivity contribution in [2.24, 2.45) is 0 Å². The van der Waals surface area contributed by atoms with Crippen LogP contribution in [-0.4, -0.2) is 18.7 Å². The van der Waals surface area contributed by atoms with E-state index in [0.717, 1.165) is 22.9 Å². The Morgan fingerprint density at radius 3 is 2.48 bits per heavy atom. The van der Waals surface area contributed by atoms with Crippen LogP contribution < -0.4 is 21.5 Å². The van der Waals surface area contributed by atoms with Gasteiger partial charge >= 0.3 is 0 Å². The number of hydrogen-bond acceptors (Lipinski definition) is 5. The number of methoxy groups -OCH3 is 1.